The summed E-state index contributed by atoms with van der Waals surface area (Å²) in [6.07, 6.45) is 4.49. The van der Waals surface area contributed by atoms with Crippen molar-refractivity contribution in [1.82, 2.24) is 4.98 Å². The molecular weight excluding hydrogens is 240 g/mol. The number of nitrogens with zero attached hydrogens (tertiary/aromatic N) is 1. The molecule has 0 saturated heterocycles. The predicted octanol–water partition coefficient (Wildman–Crippen LogP) is 3.54. The van der Waals surface area contributed by atoms with Crippen LogP contribution in [-0.4, -0.2) is 4.98 Å². The Morgan fingerprint density at radius 3 is 2.94 bits per heavy atom. The highest BCUT2D eigenvalue weighted by molar-refractivity contribution is 7.17. The molecule has 0 amide bonds. The second-order valence-electron chi connectivity index (χ2n) is 4.36. The average molecular weight is 254 g/mol. The lowest BCUT2D eigenvalue weighted by molar-refractivity contribution is 0.726. The van der Waals surface area contributed by atoms with Gasteiger partial charge in [0, 0.05) is 23.1 Å². The van der Waals surface area contributed by atoms with E-state index in [2.05, 4.69) is 40.7 Å². The van der Waals surface area contributed by atoms with Crippen molar-refractivity contribution in [3.8, 4) is 0 Å². The van der Waals surface area contributed by atoms with Crippen LogP contribution in [0.5, 0.6) is 0 Å². The molecule has 2 heterocycles. The first kappa shape index (κ1) is 11.4. The Morgan fingerprint density at radius 2 is 2.11 bits per heavy atom. The minimum atomic E-state index is 0.0246. The van der Waals surface area contributed by atoms with E-state index in [1.807, 2.05) is 12.3 Å². The molecule has 1 unspecified atom stereocenters. The van der Waals surface area contributed by atoms with Crippen LogP contribution in [0, 0.1) is 0 Å². The van der Waals surface area contributed by atoms with Crippen molar-refractivity contribution in [2.45, 2.75) is 12.5 Å². The van der Waals surface area contributed by atoms with Gasteiger partial charge in [0.1, 0.15) is 0 Å². The van der Waals surface area contributed by atoms with Gasteiger partial charge in [-0.05, 0) is 40.4 Å². The largest absolute Gasteiger partial charge is 0.324 e. The monoisotopic (exact) mass is 254 g/mol. The van der Waals surface area contributed by atoms with Crippen LogP contribution in [0.1, 0.15) is 17.2 Å². The van der Waals surface area contributed by atoms with Gasteiger partial charge in [-0.3, -0.25) is 4.98 Å². The highest BCUT2D eigenvalue weighted by atomic mass is 32.1. The van der Waals surface area contributed by atoms with Gasteiger partial charge in [0.2, 0.25) is 0 Å². The molecule has 0 aliphatic carbocycles. The molecule has 3 heteroatoms. The highest BCUT2D eigenvalue weighted by Crippen LogP contribution is 2.29. The quantitative estimate of drug-likeness (QED) is 0.776. The van der Waals surface area contributed by atoms with E-state index in [1.54, 1.807) is 17.5 Å². The first-order valence-corrected chi connectivity index (χ1v) is 6.83. The van der Waals surface area contributed by atoms with Crippen LogP contribution >= 0.6 is 11.3 Å². The predicted molar refractivity (Wildman–Crippen MR) is 76.7 cm³/mol. The van der Waals surface area contributed by atoms with Crippen molar-refractivity contribution in [2.75, 3.05) is 0 Å². The summed E-state index contributed by atoms with van der Waals surface area (Å²) in [6, 6.07) is 12.5. The number of nitrogens with two attached hydrogens (primary N) is 1. The van der Waals surface area contributed by atoms with Crippen molar-refractivity contribution in [3.63, 3.8) is 0 Å². The van der Waals surface area contributed by atoms with Crippen LogP contribution < -0.4 is 5.73 Å². The fourth-order valence-electron chi connectivity index (χ4n) is 2.19. The lowest BCUT2D eigenvalue weighted by atomic mass is 10.00. The number of benzene rings is 1. The molecule has 0 radical (unpaired) electrons. The Labute approximate surface area is 110 Å². The smallest absolute Gasteiger partial charge is 0.0390 e. The average Bonchev–Trinajstić information content (AvgIpc) is 2.87. The van der Waals surface area contributed by atoms with Crippen molar-refractivity contribution in [3.05, 3.63) is 65.3 Å². The van der Waals surface area contributed by atoms with Crippen molar-refractivity contribution in [1.29, 1.82) is 0 Å². The third-order valence-electron chi connectivity index (χ3n) is 3.09. The molecule has 3 aromatic rings. The van der Waals surface area contributed by atoms with Gasteiger partial charge in [-0.2, -0.15) is 0 Å². The van der Waals surface area contributed by atoms with Crippen molar-refractivity contribution in [2.24, 2.45) is 5.73 Å². The summed E-state index contributed by atoms with van der Waals surface area (Å²) >= 11 is 1.76. The molecule has 1 atom stereocenters. The Hall–Kier alpha value is -1.71. The van der Waals surface area contributed by atoms with E-state index in [1.165, 1.54) is 21.2 Å². The van der Waals surface area contributed by atoms with E-state index >= 15 is 0 Å². The SMILES string of the molecule is NC(Cc1cccnc1)c1cccc2ccsc12. The van der Waals surface area contributed by atoms with E-state index in [4.69, 9.17) is 5.73 Å². The number of thiophene rings is 1. The standard InChI is InChI=1S/C15H14N2S/c16-14(9-11-3-2-7-17-10-11)13-5-1-4-12-6-8-18-15(12)13/h1-8,10,14H,9,16H2. The molecular formula is C15H14N2S. The molecule has 18 heavy (non-hydrogen) atoms. The zero-order valence-corrected chi connectivity index (χ0v) is 10.7. The number of aromatic nitrogens is 1. The summed E-state index contributed by atoms with van der Waals surface area (Å²) in [6.45, 7) is 0. The second-order valence-corrected chi connectivity index (χ2v) is 5.27. The molecule has 0 fully saturated rings. The van der Waals surface area contributed by atoms with Crippen LogP contribution in [-0.2, 0) is 6.42 Å². The topological polar surface area (TPSA) is 38.9 Å². The molecule has 0 bridgehead atoms. The molecule has 0 aliphatic heterocycles. The van der Waals surface area contributed by atoms with E-state index in [0.29, 0.717) is 0 Å². The van der Waals surface area contributed by atoms with Gasteiger partial charge in [-0.1, -0.05) is 24.3 Å². The van der Waals surface area contributed by atoms with Gasteiger partial charge in [0.05, 0.1) is 0 Å². The fraction of sp³-hybridized carbons (Fsp3) is 0.133. The molecule has 2 nitrogen and oxygen atoms in total. The van der Waals surface area contributed by atoms with E-state index in [9.17, 15) is 0 Å². The van der Waals surface area contributed by atoms with Crippen LogP contribution in [0.3, 0.4) is 0 Å². The third kappa shape index (κ3) is 2.15. The maximum atomic E-state index is 6.33. The van der Waals surface area contributed by atoms with Crippen LogP contribution in [0.25, 0.3) is 10.1 Å². The summed E-state index contributed by atoms with van der Waals surface area (Å²) in [7, 11) is 0. The molecule has 90 valence electrons. The molecule has 0 aliphatic rings. The first-order chi connectivity index (χ1) is 8.84. The maximum Gasteiger partial charge on any atom is 0.0390 e. The maximum absolute atomic E-state index is 6.33. The Kier molecular flexibility index (Phi) is 3.09. The first-order valence-electron chi connectivity index (χ1n) is 5.95. The number of rotatable bonds is 3. The van der Waals surface area contributed by atoms with Gasteiger partial charge in [0.15, 0.2) is 0 Å². The van der Waals surface area contributed by atoms with Gasteiger partial charge in [-0.15, -0.1) is 11.3 Å². The van der Waals surface area contributed by atoms with Crippen LogP contribution in [0.4, 0.5) is 0 Å². The minimum Gasteiger partial charge on any atom is -0.324 e. The minimum absolute atomic E-state index is 0.0246. The van der Waals surface area contributed by atoms with Gasteiger partial charge >= 0.3 is 0 Å². The summed E-state index contributed by atoms with van der Waals surface area (Å²) in [5, 5.41) is 3.39. The Morgan fingerprint density at radius 1 is 1.17 bits per heavy atom. The number of hydrogen-bond donors (Lipinski definition) is 1. The molecule has 1 aromatic carbocycles. The Bertz CT molecular complexity index is 646. The summed E-state index contributed by atoms with van der Waals surface area (Å²) in [5.74, 6) is 0. The zero-order chi connectivity index (χ0) is 12.4. The van der Waals surface area contributed by atoms with Crippen molar-refractivity contribution >= 4 is 21.4 Å². The third-order valence-corrected chi connectivity index (χ3v) is 4.07. The van der Waals surface area contributed by atoms with Crippen molar-refractivity contribution < 1.29 is 0 Å². The Balaban J connectivity index is 1.92. The molecule has 3 rings (SSSR count). The van der Waals surface area contributed by atoms with E-state index in [-0.39, 0.29) is 6.04 Å². The molecule has 0 saturated carbocycles. The van der Waals surface area contributed by atoms with E-state index in [0.717, 1.165) is 6.42 Å². The molecule has 0 spiro atoms. The fourth-order valence-corrected chi connectivity index (χ4v) is 3.17. The number of pyridine rings is 1. The number of fused-ring (bicyclic) bond motifs is 1. The second kappa shape index (κ2) is 4.88. The molecule has 2 aromatic heterocycles. The van der Waals surface area contributed by atoms with Gasteiger partial charge in [0.25, 0.3) is 0 Å². The van der Waals surface area contributed by atoms with Crippen LogP contribution in [0.15, 0.2) is 54.2 Å². The normalized spacial score (nSPS) is 12.7. The molecule has 2 N–H and O–H groups in total. The summed E-state index contributed by atoms with van der Waals surface area (Å²) < 4.78 is 1.30. The van der Waals surface area contributed by atoms with E-state index < -0.39 is 0 Å². The lowest BCUT2D eigenvalue weighted by Gasteiger charge is -2.13. The number of hydrogen-bond acceptors (Lipinski definition) is 3. The van der Waals surface area contributed by atoms with Gasteiger partial charge < -0.3 is 5.73 Å². The summed E-state index contributed by atoms with van der Waals surface area (Å²) in [4.78, 5) is 4.13. The van der Waals surface area contributed by atoms with Crippen LogP contribution in [0.2, 0.25) is 0 Å². The van der Waals surface area contributed by atoms with Gasteiger partial charge in [-0.25, -0.2) is 0 Å². The lowest BCUT2D eigenvalue weighted by Crippen LogP contribution is -2.13. The summed E-state index contributed by atoms with van der Waals surface area (Å²) in [5.41, 5.74) is 8.74. The zero-order valence-electron chi connectivity index (χ0n) is 9.91. The highest BCUT2D eigenvalue weighted by Gasteiger charge is 2.11.